The van der Waals surface area contributed by atoms with Crippen molar-refractivity contribution in [2.24, 2.45) is 0 Å². The SMILES string of the molecule is CCn1c(C)cc(/C=C2\SC(=O)N(Cc3ccc(C)cc3)C2=O)c1C. The smallest absolute Gasteiger partial charge is 0.293 e. The zero-order valence-electron chi connectivity index (χ0n) is 15.0. The molecular weight excluding hydrogens is 332 g/mol. The topological polar surface area (TPSA) is 42.3 Å². The normalized spacial score (nSPS) is 16.3. The first-order valence-corrected chi connectivity index (χ1v) is 9.20. The van der Waals surface area contributed by atoms with E-state index in [1.54, 1.807) is 0 Å². The predicted molar refractivity (Wildman–Crippen MR) is 102 cm³/mol. The predicted octanol–water partition coefficient (Wildman–Crippen LogP) is 4.67. The Morgan fingerprint density at radius 2 is 1.76 bits per heavy atom. The molecule has 130 valence electrons. The van der Waals surface area contributed by atoms with E-state index in [-0.39, 0.29) is 11.1 Å². The number of rotatable bonds is 4. The summed E-state index contributed by atoms with van der Waals surface area (Å²) in [5.41, 5.74) is 5.39. The summed E-state index contributed by atoms with van der Waals surface area (Å²) in [6.45, 7) is 9.41. The lowest BCUT2D eigenvalue weighted by atomic mass is 10.1. The quantitative estimate of drug-likeness (QED) is 0.749. The van der Waals surface area contributed by atoms with Gasteiger partial charge < -0.3 is 4.57 Å². The van der Waals surface area contributed by atoms with Gasteiger partial charge in [-0.3, -0.25) is 14.5 Å². The summed E-state index contributed by atoms with van der Waals surface area (Å²) in [5, 5.41) is -0.207. The van der Waals surface area contributed by atoms with Crippen LogP contribution in [0.4, 0.5) is 4.79 Å². The Kier molecular flexibility index (Phi) is 4.86. The highest BCUT2D eigenvalue weighted by molar-refractivity contribution is 8.18. The van der Waals surface area contributed by atoms with Gasteiger partial charge in [-0.2, -0.15) is 0 Å². The van der Waals surface area contributed by atoms with Crippen molar-refractivity contribution in [1.29, 1.82) is 0 Å². The first-order valence-electron chi connectivity index (χ1n) is 8.38. The minimum Gasteiger partial charge on any atom is -0.349 e. The number of aryl methyl sites for hydroxylation is 2. The molecule has 0 bridgehead atoms. The van der Waals surface area contributed by atoms with Crippen LogP contribution in [0.3, 0.4) is 0 Å². The molecule has 2 heterocycles. The van der Waals surface area contributed by atoms with E-state index in [9.17, 15) is 9.59 Å². The average molecular weight is 354 g/mol. The fraction of sp³-hybridized carbons (Fsp3) is 0.300. The third-order valence-corrected chi connectivity index (χ3v) is 5.46. The molecule has 3 rings (SSSR count). The van der Waals surface area contributed by atoms with Gasteiger partial charge in [-0.1, -0.05) is 29.8 Å². The van der Waals surface area contributed by atoms with Crippen molar-refractivity contribution in [1.82, 2.24) is 9.47 Å². The van der Waals surface area contributed by atoms with Crippen LogP contribution in [0.5, 0.6) is 0 Å². The second-order valence-electron chi connectivity index (χ2n) is 6.32. The van der Waals surface area contributed by atoms with E-state index in [4.69, 9.17) is 0 Å². The molecule has 0 N–H and O–H groups in total. The number of amides is 2. The number of carbonyl (C=O) groups excluding carboxylic acids is 2. The Bertz CT molecular complexity index is 863. The first kappa shape index (κ1) is 17.5. The minimum atomic E-state index is -0.211. The summed E-state index contributed by atoms with van der Waals surface area (Å²) in [5.74, 6) is -0.211. The molecule has 0 radical (unpaired) electrons. The van der Waals surface area contributed by atoms with Gasteiger partial charge in [0, 0.05) is 17.9 Å². The van der Waals surface area contributed by atoms with Gasteiger partial charge in [0.1, 0.15) is 0 Å². The zero-order valence-corrected chi connectivity index (χ0v) is 15.8. The van der Waals surface area contributed by atoms with Gasteiger partial charge in [0.2, 0.25) is 0 Å². The van der Waals surface area contributed by atoms with E-state index in [0.29, 0.717) is 11.4 Å². The number of imide groups is 1. The Hall–Kier alpha value is -2.27. The molecular formula is C20H22N2O2S. The maximum absolute atomic E-state index is 12.7. The number of hydrogen-bond acceptors (Lipinski definition) is 3. The zero-order chi connectivity index (χ0) is 18.1. The second kappa shape index (κ2) is 6.92. The van der Waals surface area contributed by atoms with Crippen molar-refractivity contribution in [3.8, 4) is 0 Å². The monoisotopic (exact) mass is 354 g/mol. The summed E-state index contributed by atoms with van der Waals surface area (Å²) in [6.07, 6.45) is 1.84. The van der Waals surface area contributed by atoms with Crippen LogP contribution in [0.15, 0.2) is 35.2 Å². The van der Waals surface area contributed by atoms with Crippen LogP contribution in [0.2, 0.25) is 0 Å². The van der Waals surface area contributed by atoms with E-state index in [1.165, 1.54) is 4.90 Å². The summed E-state index contributed by atoms with van der Waals surface area (Å²) >= 11 is 1.02. The number of hydrogen-bond donors (Lipinski definition) is 0. The van der Waals surface area contributed by atoms with E-state index < -0.39 is 0 Å². The molecule has 0 saturated carbocycles. The molecule has 1 aromatic heterocycles. The second-order valence-corrected chi connectivity index (χ2v) is 7.32. The van der Waals surface area contributed by atoms with Crippen LogP contribution in [0.25, 0.3) is 6.08 Å². The molecule has 5 heteroatoms. The molecule has 1 aromatic carbocycles. The Balaban J connectivity index is 1.84. The van der Waals surface area contributed by atoms with Gasteiger partial charge >= 0.3 is 0 Å². The number of aromatic nitrogens is 1. The maximum Gasteiger partial charge on any atom is 0.293 e. The third-order valence-electron chi connectivity index (χ3n) is 4.55. The van der Waals surface area contributed by atoms with Crippen molar-refractivity contribution >= 4 is 29.0 Å². The lowest BCUT2D eigenvalue weighted by Crippen LogP contribution is -2.27. The molecule has 0 atom stereocenters. The van der Waals surface area contributed by atoms with Gasteiger partial charge in [0.25, 0.3) is 11.1 Å². The number of carbonyl (C=O) groups is 2. The summed E-state index contributed by atoms with van der Waals surface area (Å²) in [4.78, 5) is 26.8. The van der Waals surface area contributed by atoms with E-state index in [2.05, 4.69) is 24.5 Å². The molecule has 4 nitrogen and oxygen atoms in total. The average Bonchev–Trinajstić information content (AvgIpc) is 2.99. The third kappa shape index (κ3) is 3.42. The van der Waals surface area contributed by atoms with Crippen LogP contribution in [0, 0.1) is 20.8 Å². The van der Waals surface area contributed by atoms with Crippen molar-refractivity contribution in [2.45, 2.75) is 40.8 Å². The molecule has 25 heavy (non-hydrogen) atoms. The van der Waals surface area contributed by atoms with Crippen molar-refractivity contribution in [3.05, 3.63) is 63.3 Å². The first-order chi connectivity index (χ1) is 11.9. The minimum absolute atomic E-state index is 0.207. The number of nitrogens with zero attached hydrogens (tertiary/aromatic N) is 2. The molecule has 1 saturated heterocycles. The van der Waals surface area contributed by atoms with Crippen LogP contribution >= 0.6 is 11.8 Å². The van der Waals surface area contributed by atoms with Crippen molar-refractivity contribution < 1.29 is 9.59 Å². The van der Waals surface area contributed by atoms with Crippen LogP contribution in [0.1, 0.15) is 35.0 Å². The summed E-state index contributed by atoms with van der Waals surface area (Å²) < 4.78 is 2.20. The standard InChI is InChI=1S/C20H22N2O2S/c1-5-21-14(3)10-17(15(21)4)11-18-19(23)22(20(24)25-18)12-16-8-6-13(2)7-9-16/h6-11H,5,12H2,1-4H3/b18-11-. The highest BCUT2D eigenvalue weighted by atomic mass is 32.2. The highest BCUT2D eigenvalue weighted by Crippen LogP contribution is 2.34. The Labute approximate surface area is 152 Å². The van der Waals surface area contributed by atoms with Crippen LogP contribution in [-0.4, -0.2) is 20.6 Å². The molecule has 2 aromatic rings. The molecule has 0 spiro atoms. The molecule has 0 aliphatic carbocycles. The maximum atomic E-state index is 12.7. The van der Waals surface area contributed by atoms with Gasteiger partial charge in [-0.25, -0.2) is 0 Å². The lowest BCUT2D eigenvalue weighted by Gasteiger charge is -2.12. The lowest BCUT2D eigenvalue weighted by molar-refractivity contribution is -0.123. The largest absolute Gasteiger partial charge is 0.349 e. The van der Waals surface area contributed by atoms with Crippen LogP contribution < -0.4 is 0 Å². The van der Waals surface area contributed by atoms with Crippen molar-refractivity contribution in [2.75, 3.05) is 0 Å². The molecule has 2 amide bonds. The molecule has 1 fully saturated rings. The fourth-order valence-electron chi connectivity index (χ4n) is 3.11. The Morgan fingerprint density at radius 3 is 2.36 bits per heavy atom. The molecule has 1 aliphatic heterocycles. The van der Waals surface area contributed by atoms with E-state index in [0.717, 1.165) is 46.4 Å². The van der Waals surface area contributed by atoms with Gasteiger partial charge in [0.05, 0.1) is 11.4 Å². The Morgan fingerprint density at radius 1 is 1.08 bits per heavy atom. The summed E-state index contributed by atoms with van der Waals surface area (Å²) in [7, 11) is 0. The highest BCUT2D eigenvalue weighted by Gasteiger charge is 2.35. The number of thioether (sulfide) groups is 1. The fourth-order valence-corrected chi connectivity index (χ4v) is 3.94. The van der Waals surface area contributed by atoms with E-state index in [1.807, 2.05) is 44.2 Å². The molecule has 0 unspecified atom stereocenters. The van der Waals surface area contributed by atoms with Crippen molar-refractivity contribution in [3.63, 3.8) is 0 Å². The van der Waals surface area contributed by atoms with Gasteiger partial charge in [-0.05, 0) is 62.7 Å². The van der Waals surface area contributed by atoms with E-state index >= 15 is 0 Å². The number of benzene rings is 1. The summed E-state index contributed by atoms with van der Waals surface area (Å²) in [6, 6.07) is 9.95. The van der Waals surface area contributed by atoms with Crippen LogP contribution in [-0.2, 0) is 17.9 Å². The van der Waals surface area contributed by atoms with Gasteiger partial charge in [0.15, 0.2) is 0 Å². The van der Waals surface area contributed by atoms with Gasteiger partial charge in [-0.15, -0.1) is 0 Å². The molecule has 1 aliphatic rings.